The number of rotatable bonds is 4. The smallest absolute Gasteiger partial charge is 0.218 e. The fourth-order valence-corrected chi connectivity index (χ4v) is 4.55. The minimum atomic E-state index is 0.229. The van der Waals surface area contributed by atoms with Gasteiger partial charge in [-0.1, -0.05) is 31.4 Å². The van der Waals surface area contributed by atoms with Crippen LogP contribution in [0.3, 0.4) is 0 Å². The van der Waals surface area contributed by atoms with Crippen LogP contribution in [0.1, 0.15) is 37.7 Å². The van der Waals surface area contributed by atoms with E-state index >= 15 is 0 Å². The van der Waals surface area contributed by atoms with Crippen LogP contribution in [0.25, 0.3) is 21.1 Å². The summed E-state index contributed by atoms with van der Waals surface area (Å²) >= 11 is 1.49. The van der Waals surface area contributed by atoms with Crippen molar-refractivity contribution in [2.45, 2.75) is 45.1 Å². The maximum absolute atomic E-state index is 10.5. The molecule has 2 heterocycles. The lowest BCUT2D eigenvalue weighted by atomic mass is 9.95. The van der Waals surface area contributed by atoms with E-state index in [9.17, 15) is 5.11 Å². The summed E-state index contributed by atoms with van der Waals surface area (Å²) in [6.45, 7) is 1.92. The van der Waals surface area contributed by atoms with E-state index in [0.717, 1.165) is 21.7 Å². The topological polar surface area (TPSA) is 86.7 Å². The van der Waals surface area contributed by atoms with E-state index in [4.69, 9.17) is 0 Å². The molecule has 0 unspecified atom stereocenters. The second kappa shape index (κ2) is 6.84. The molecule has 3 N–H and O–H groups in total. The Kier molecular flexibility index (Phi) is 4.40. The van der Waals surface area contributed by atoms with Crippen molar-refractivity contribution in [3.8, 4) is 26.9 Å². The molecule has 4 rings (SSSR count). The molecule has 0 atom stereocenters. The van der Waals surface area contributed by atoms with Crippen LogP contribution in [-0.2, 0) is 0 Å². The highest BCUT2D eigenvalue weighted by Crippen LogP contribution is 2.45. The number of anilines is 1. The van der Waals surface area contributed by atoms with Gasteiger partial charge in [0.1, 0.15) is 10.6 Å². The van der Waals surface area contributed by atoms with E-state index in [1.807, 2.05) is 6.92 Å². The Morgan fingerprint density at radius 1 is 1.20 bits per heavy atom. The van der Waals surface area contributed by atoms with E-state index in [1.54, 1.807) is 0 Å². The number of aromatic hydroxyl groups is 1. The van der Waals surface area contributed by atoms with Gasteiger partial charge in [-0.3, -0.25) is 0 Å². The molecule has 2 aromatic heterocycles. The molecule has 1 saturated carbocycles. The van der Waals surface area contributed by atoms with Crippen LogP contribution in [0.2, 0.25) is 0 Å². The number of hydrogen-bond acceptors (Lipinski definition) is 6. The Hall–Kier alpha value is -2.41. The van der Waals surface area contributed by atoms with Gasteiger partial charge in [0.2, 0.25) is 5.82 Å². The first kappa shape index (κ1) is 16.1. The van der Waals surface area contributed by atoms with Crippen LogP contribution in [0.4, 0.5) is 5.69 Å². The lowest BCUT2D eigenvalue weighted by molar-refractivity contribution is 0.463. The number of tetrazole rings is 1. The quantitative estimate of drug-likeness (QED) is 0.647. The molecule has 7 heteroatoms. The summed E-state index contributed by atoms with van der Waals surface area (Å²) in [5, 5.41) is 28.1. The van der Waals surface area contributed by atoms with Crippen molar-refractivity contribution in [3.05, 3.63) is 29.8 Å². The number of H-pyrrole nitrogens is 1. The minimum Gasteiger partial charge on any atom is -0.506 e. The monoisotopic (exact) mass is 355 g/mol. The van der Waals surface area contributed by atoms with Crippen molar-refractivity contribution >= 4 is 17.0 Å². The maximum Gasteiger partial charge on any atom is 0.218 e. The van der Waals surface area contributed by atoms with E-state index in [-0.39, 0.29) is 5.75 Å². The lowest BCUT2D eigenvalue weighted by Gasteiger charge is -2.24. The summed E-state index contributed by atoms with van der Waals surface area (Å²) in [5.74, 6) is 0.653. The molecule has 1 aliphatic rings. The highest BCUT2D eigenvalue weighted by molar-refractivity contribution is 7.19. The summed E-state index contributed by atoms with van der Waals surface area (Å²) in [7, 11) is 0. The zero-order chi connectivity index (χ0) is 17.2. The largest absolute Gasteiger partial charge is 0.506 e. The summed E-state index contributed by atoms with van der Waals surface area (Å²) in [6.07, 6.45) is 6.45. The predicted octanol–water partition coefficient (Wildman–Crippen LogP) is 4.35. The summed E-state index contributed by atoms with van der Waals surface area (Å²) < 4.78 is 0. The molecule has 0 radical (unpaired) electrons. The molecule has 1 aromatic carbocycles. The number of nitrogens with zero attached hydrogens (tertiary/aromatic N) is 3. The zero-order valence-corrected chi connectivity index (χ0v) is 14.9. The van der Waals surface area contributed by atoms with Gasteiger partial charge in [-0.2, -0.15) is 5.21 Å². The van der Waals surface area contributed by atoms with Gasteiger partial charge >= 0.3 is 0 Å². The Balaban J connectivity index is 1.64. The maximum atomic E-state index is 10.5. The highest BCUT2D eigenvalue weighted by atomic mass is 32.1. The number of aromatic nitrogens is 4. The standard InChI is InChI=1S/C18H21N5OS/c1-11-15(24)17(18-20-22-23-21-18)25-16(11)12-6-5-9-14(10-12)19-13-7-3-2-4-8-13/h5-6,9-10,13,19,24H,2-4,7-8H2,1H3,(H,20,21,22,23). The Morgan fingerprint density at radius 2 is 2.04 bits per heavy atom. The number of nitrogens with one attached hydrogen (secondary N) is 2. The predicted molar refractivity (Wildman–Crippen MR) is 99.8 cm³/mol. The van der Waals surface area contributed by atoms with E-state index < -0.39 is 0 Å². The summed E-state index contributed by atoms with van der Waals surface area (Å²) in [5.41, 5.74) is 3.07. The lowest BCUT2D eigenvalue weighted by Crippen LogP contribution is -2.22. The molecule has 0 saturated heterocycles. The van der Waals surface area contributed by atoms with Crippen molar-refractivity contribution in [1.29, 1.82) is 0 Å². The molecule has 0 spiro atoms. The van der Waals surface area contributed by atoms with Gasteiger partial charge in [-0.25, -0.2) is 0 Å². The minimum absolute atomic E-state index is 0.229. The fraction of sp³-hybridized carbons (Fsp3) is 0.389. The van der Waals surface area contributed by atoms with Crippen molar-refractivity contribution in [3.63, 3.8) is 0 Å². The second-order valence-corrected chi connectivity index (χ2v) is 7.55. The average molecular weight is 355 g/mol. The third-order valence-electron chi connectivity index (χ3n) is 4.76. The van der Waals surface area contributed by atoms with Gasteiger partial charge < -0.3 is 10.4 Å². The third kappa shape index (κ3) is 3.24. The molecule has 130 valence electrons. The van der Waals surface area contributed by atoms with Gasteiger partial charge in [0.25, 0.3) is 0 Å². The Bertz CT molecular complexity index is 852. The van der Waals surface area contributed by atoms with Crippen LogP contribution >= 0.6 is 11.3 Å². The van der Waals surface area contributed by atoms with Gasteiger partial charge in [0, 0.05) is 22.2 Å². The second-order valence-electron chi connectivity index (χ2n) is 6.53. The van der Waals surface area contributed by atoms with E-state index in [1.165, 1.54) is 43.4 Å². The van der Waals surface area contributed by atoms with Crippen LogP contribution in [0, 0.1) is 6.92 Å². The zero-order valence-electron chi connectivity index (χ0n) is 14.1. The average Bonchev–Trinajstić information content (AvgIpc) is 3.26. The van der Waals surface area contributed by atoms with Crippen molar-refractivity contribution in [2.24, 2.45) is 0 Å². The molecule has 0 aliphatic heterocycles. The van der Waals surface area contributed by atoms with Gasteiger partial charge in [-0.15, -0.1) is 21.5 Å². The van der Waals surface area contributed by atoms with Crippen LogP contribution in [0.15, 0.2) is 24.3 Å². The van der Waals surface area contributed by atoms with E-state index in [2.05, 4.69) is 50.2 Å². The number of thiophene rings is 1. The third-order valence-corrected chi connectivity index (χ3v) is 6.09. The molecule has 25 heavy (non-hydrogen) atoms. The number of aromatic amines is 1. The Morgan fingerprint density at radius 3 is 2.80 bits per heavy atom. The van der Waals surface area contributed by atoms with Gasteiger partial charge in [-0.05, 0) is 42.7 Å². The molecule has 3 aromatic rings. The van der Waals surface area contributed by atoms with Gasteiger partial charge in [0.15, 0.2) is 0 Å². The van der Waals surface area contributed by atoms with Gasteiger partial charge in [0.05, 0.1) is 0 Å². The van der Waals surface area contributed by atoms with Crippen LogP contribution < -0.4 is 5.32 Å². The first-order valence-electron chi connectivity index (χ1n) is 8.65. The normalized spacial score (nSPS) is 15.4. The number of hydrogen-bond donors (Lipinski definition) is 3. The molecule has 6 nitrogen and oxygen atoms in total. The van der Waals surface area contributed by atoms with Crippen molar-refractivity contribution < 1.29 is 5.11 Å². The van der Waals surface area contributed by atoms with Crippen LogP contribution in [0.5, 0.6) is 5.75 Å². The highest BCUT2D eigenvalue weighted by Gasteiger charge is 2.20. The molecule has 1 fully saturated rings. The van der Waals surface area contributed by atoms with E-state index in [0.29, 0.717) is 16.7 Å². The van der Waals surface area contributed by atoms with Crippen molar-refractivity contribution in [1.82, 2.24) is 20.6 Å². The Labute approximate surface area is 150 Å². The fourth-order valence-electron chi connectivity index (χ4n) is 3.42. The first-order valence-corrected chi connectivity index (χ1v) is 9.47. The summed E-state index contributed by atoms with van der Waals surface area (Å²) in [4.78, 5) is 1.68. The molecular formula is C18H21N5OS. The summed E-state index contributed by atoms with van der Waals surface area (Å²) in [6, 6.07) is 8.97. The van der Waals surface area contributed by atoms with Crippen LogP contribution in [-0.4, -0.2) is 31.8 Å². The molecule has 0 amide bonds. The molecule has 0 bridgehead atoms. The first-order chi connectivity index (χ1) is 12.2. The molecular weight excluding hydrogens is 334 g/mol. The SMILES string of the molecule is Cc1c(-c2cccc(NC3CCCCC3)c2)sc(-c2nn[nH]n2)c1O. The van der Waals surface area contributed by atoms with Crippen molar-refractivity contribution in [2.75, 3.05) is 5.32 Å². The molecule has 1 aliphatic carbocycles. The number of benzene rings is 1.